The summed E-state index contributed by atoms with van der Waals surface area (Å²) in [4.78, 5) is 11.4. The fraction of sp³-hybridized carbons (Fsp3) is 0.143. The number of hydrogen-bond acceptors (Lipinski definition) is 2. The smallest absolute Gasteiger partial charge is 0.266 e. The predicted molar refractivity (Wildman–Crippen MR) is 51.5 cm³/mol. The van der Waals surface area contributed by atoms with Crippen LogP contribution < -0.4 is 0 Å². The molecule has 0 aromatic carbocycles. The highest BCUT2D eigenvalue weighted by Crippen LogP contribution is 2.31. The van der Waals surface area contributed by atoms with Crippen molar-refractivity contribution in [2.75, 3.05) is 0 Å². The largest absolute Gasteiger partial charge is 0.285 e. The molecule has 12 heavy (non-hydrogen) atoms. The summed E-state index contributed by atoms with van der Waals surface area (Å²) in [6, 6.07) is 1.81. The van der Waals surface area contributed by atoms with Gasteiger partial charge in [0.15, 0.2) is 0 Å². The molecule has 0 amide bonds. The summed E-state index contributed by atoms with van der Waals surface area (Å²) in [5, 5.41) is 3.90. The van der Waals surface area contributed by atoms with Crippen LogP contribution in [0.4, 0.5) is 0 Å². The average molecular weight is 292 g/mol. The number of allylic oxidation sites excluding steroid dienone is 2. The first kappa shape index (κ1) is 8.19. The Morgan fingerprint density at radius 2 is 2.33 bits per heavy atom. The highest BCUT2D eigenvalue weighted by Gasteiger charge is 2.23. The van der Waals surface area contributed by atoms with Crippen LogP contribution in [0.1, 0.15) is 15.3 Å². The maximum atomic E-state index is 11.4. The first-order valence-corrected chi connectivity index (χ1v) is 5.01. The first-order chi connectivity index (χ1) is 5.70. The number of rotatable bonds is 0. The normalized spacial score (nSPS) is 22.0. The van der Waals surface area contributed by atoms with Crippen LogP contribution in [0.3, 0.4) is 0 Å². The van der Waals surface area contributed by atoms with Gasteiger partial charge in [-0.2, -0.15) is 9.78 Å². The Morgan fingerprint density at radius 1 is 1.58 bits per heavy atom. The van der Waals surface area contributed by atoms with Crippen LogP contribution in [0, 0.1) is 0 Å². The molecule has 0 fully saturated rings. The van der Waals surface area contributed by atoms with E-state index >= 15 is 0 Å². The third-order valence-corrected chi connectivity index (χ3v) is 2.98. The zero-order valence-corrected chi connectivity index (χ0v) is 9.04. The van der Waals surface area contributed by atoms with E-state index in [0.29, 0.717) is 4.48 Å². The summed E-state index contributed by atoms with van der Waals surface area (Å²) in [5.74, 6) is -0.120. The lowest BCUT2D eigenvalue weighted by Crippen LogP contribution is -2.19. The fourth-order valence-electron chi connectivity index (χ4n) is 1.08. The van der Waals surface area contributed by atoms with Crippen LogP contribution in [0.2, 0.25) is 0 Å². The Balaban J connectivity index is 2.59. The summed E-state index contributed by atoms with van der Waals surface area (Å²) in [5.41, 5.74) is 0.864. The Morgan fingerprint density at radius 3 is 3.08 bits per heavy atom. The second-order valence-electron chi connectivity index (χ2n) is 2.39. The maximum absolute atomic E-state index is 11.4. The number of aromatic nitrogens is 2. The third-order valence-electron chi connectivity index (χ3n) is 1.64. The van der Waals surface area contributed by atoms with Crippen molar-refractivity contribution < 1.29 is 4.79 Å². The molecule has 1 aliphatic rings. The number of halogens is 2. The number of alkyl halides is 1. The molecule has 0 saturated heterocycles. The summed E-state index contributed by atoms with van der Waals surface area (Å²) >= 11 is 6.58. The van der Waals surface area contributed by atoms with Crippen molar-refractivity contribution in [2.45, 2.75) is 4.83 Å². The van der Waals surface area contributed by atoms with Crippen molar-refractivity contribution in [1.82, 2.24) is 9.78 Å². The lowest BCUT2D eigenvalue weighted by atomic mass is 10.2. The van der Waals surface area contributed by atoms with Gasteiger partial charge in [-0.3, -0.25) is 4.79 Å². The second kappa shape index (κ2) is 2.81. The van der Waals surface area contributed by atoms with Crippen LogP contribution in [0.25, 0.3) is 0 Å². The van der Waals surface area contributed by atoms with Gasteiger partial charge in [0.25, 0.3) is 5.91 Å². The van der Waals surface area contributed by atoms with E-state index in [1.54, 1.807) is 12.3 Å². The van der Waals surface area contributed by atoms with Gasteiger partial charge in [0.1, 0.15) is 0 Å². The molecule has 62 valence electrons. The molecule has 2 heterocycles. The van der Waals surface area contributed by atoms with Gasteiger partial charge < -0.3 is 0 Å². The van der Waals surface area contributed by atoms with Crippen molar-refractivity contribution in [3.05, 3.63) is 28.5 Å². The molecule has 2 rings (SSSR count). The van der Waals surface area contributed by atoms with Gasteiger partial charge >= 0.3 is 0 Å². The van der Waals surface area contributed by atoms with Gasteiger partial charge in [-0.05, 0) is 28.1 Å². The molecule has 1 atom stereocenters. The number of fused-ring (bicyclic) bond motifs is 1. The number of carbonyl (C=O) groups excluding carboxylic acids is 1. The molecule has 1 aliphatic heterocycles. The lowest BCUT2D eigenvalue weighted by molar-refractivity contribution is 0.0944. The van der Waals surface area contributed by atoms with Crippen molar-refractivity contribution in [3.8, 4) is 0 Å². The van der Waals surface area contributed by atoms with E-state index in [-0.39, 0.29) is 10.7 Å². The van der Waals surface area contributed by atoms with Crippen LogP contribution in [0.5, 0.6) is 0 Å². The molecule has 0 spiro atoms. The number of hydrogen-bond donors (Lipinski definition) is 0. The third kappa shape index (κ3) is 1.08. The molecule has 1 aromatic heterocycles. The van der Waals surface area contributed by atoms with Gasteiger partial charge in [-0.1, -0.05) is 15.9 Å². The van der Waals surface area contributed by atoms with E-state index in [0.717, 1.165) is 5.69 Å². The van der Waals surface area contributed by atoms with Gasteiger partial charge in [0, 0.05) is 6.20 Å². The second-order valence-corrected chi connectivity index (χ2v) is 4.23. The van der Waals surface area contributed by atoms with E-state index in [1.165, 1.54) is 4.68 Å². The van der Waals surface area contributed by atoms with Gasteiger partial charge in [0.2, 0.25) is 0 Å². The van der Waals surface area contributed by atoms with Crippen LogP contribution in [0.15, 0.2) is 22.8 Å². The van der Waals surface area contributed by atoms with E-state index < -0.39 is 0 Å². The molecule has 0 bridgehead atoms. The van der Waals surface area contributed by atoms with Crippen molar-refractivity contribution >= 4 is 37.8 Å². The summed E-state index contributed by atoms with van der Waals surface area (Å²) in [6.07, 6.45) is 3.42. The van der Waals surface area contributed by atoms with Crippen LogP contribution in [-0.2, 0) is 0 Å². The highest BCUT2D eigenvalue weighted by atomic mass is 79.9. The Labute approximate surface area is 85.7 Å². The van der Waals surface area contributed by atoms with Crippen LogP contribution in [-0.4, -0.2) is 15.7 Å². The molecule has 1 unspecified atom stereocenters. The summed E-state index contributed by atoms with van der Waals surface area (Å²) in [6.45, 7) is 0. The predicted octanol–water partition coefficient (Wildman–Crippen LogP) is 2.25. The summed E-state index contributed by atoms with van der Waals surface area (Å²) in [7, 11) is 0. The van der Waals surface area contributed by atoms with E-state index in [4.69, 9.17) is 0 Å². The topological polar surface area (TPSA) is 34.9 Å². The molecule has 0 aliphatic carbocycles. The van der Waals surface area contributed by atoms with Crippen molar-refractivity contribution in [2.24, 2.45) is 0 Å². The minimum absolute atomic E-state index is 0.0621. The quantitative estimate of drug-likeness (QED) is 0.687. The Hall–Kier alpha value is -0.420. The Kier molecular flexibility index (Phi) is 1.92. The van der Waals surface area contributed by atoms with E-state index in [9.17, 15) is 4.79 Å². The SMILES string of the molecule is O=C1C(Br)=CC(Br)c2ccnn21. The van der Waals surface area contributed by atoms with E-state index in [1.807, 2.05) is 6.07 Å². The maximum Gasteiger partial charge on any atom is 0.285 e. The fourth-order valence-corrected chi connectivity index (χ4v) is 2.48. The molecule has 5 heteroatoms. The standard InChI is InChI=1S/C7H4Br2N2O/c8-4-3-5(9)7(12)11-6(4)1-2-10-11/h1-4H. The molecular weight excluding hydrogens is 288 g/mol. The van der Waals surface area contributed by atoms with Gasteiger partial charge in [-0.15, -0.1) is 0 Å². The van der Waals surface area contributed by atoms with Crippen molar-refractivity contribution in [3.63, 3.8) is 0 Å². The molecular formula is C7H4Br2N2O. The minimum atomic E-state index is -0.120. The zero-order chi connectivity index (χ0) is 8.72. The van der Waals surface area contributed by atoms with Crippen molar-refractivity contribution in [1.29, 1.82) is 0 Å². The number of nitrogens with zero attached hydrogens (tertiary/aromatic N) is 2. The molecule has 0 saturated carbocycles. The number of carbonyl (C=O) groups is 1. The van der Waals surface area contributed by atoms with Gasteiger partial charge in [0.05, 0.1) is 15.0 Å². The minimum Gasteiger partial charge on any atom is -0.266 e. The summed E-state index contributed by atoms with van der Waals surface area (Å²) < 4.78 is 1.92. The monoisotopic (exact) mass is 290 g/mol. The van der Waals surface area contributed by atoms with Gasteiger partial charge in [-0.25, -0.2) is 0 Å². The Bertz CT molecular complexity index is 369. The van der Waals surface area contributed by atoms with Crippen LogP contribution >= 0.6 is 31.9 Å². The first-order valence-electron chi connectivity index (χ1n) is 3.30. The molecule has 1 aromatic rings. The van der Waals surface area contributed by atoms with E-state index in [2.05, 4.69) is 37.0 Å². The zero-order valence-electron chi connectivity index (χ0n) is 5.87. The lowest BCUT2D eigenvalue weighted by Gasteiger charge is -2.13. The highest BCUT2D eigenvalue weighted by molar-refractivity contribution is 9.12. The molecule has 0 radical (unpaired) electrons. The average Bonchev–Trinajstić information content (AvgIpc) is 2.48. The molecule has 0 N–H and O–H groups in total. The molecule has 3 nitrogen and oxygen atoms in total.